The Hall–Kier alpha value is -7.63. The van der Waals surface area contributed by atoms with E-state index in [0.29, 0.717) is 17.5 Å². The Morgan fingerprint density at radius 2 is 0.804 bits per heavy atom. The maximum atomic E-state index is 6.62. The number of fused-ring (bicyclic) bond motifs is 6. The third-order valence-corrected chi connectivity index (χ3v) is 10.6. The van der Waals surface area contributed by atoms with Gasteiger partial charge in [-0.05, 0) is 75.8 Å². The first kappa shape index (κ1) is 31.9. The van der Waals surface area contributed by atoms with Gasteiger partial charge in [0.15, 0.2) is 17.5 Å². The topological polar surface area (TPSA) is 65.0 Å². The van der Waals surface area contributed by atoms with Crippen LogP contribution in [0.1, 0.15) is 0 Å². The fraction of sp³-hybridized carbons (Fsp3) is 0. The van der Waals surface area contributed by atoms with Crippen LogP contribution in [-0.2, 0) is 0 Å². The molecule has 0 aliphatic rings. The standard InChI is InChI=1S/C51H31N3O2/c1-3-13-32(14-4-1)49-52-50(33-15-5-2-6-16-33)54-51(53-49)37-18-11-17-34(29-37)35-25-27-42-47(31-35)56-46-24-12-22-41(48(42)46)39-20-8-7-19-38(39)36-26-28-45-43(30-36)40-21-9-10-23-44(40)55-45/h1-31H. The molecule has 0 radical (unpaired) electrons. The molecule has 0 fully saturated rings. The van der Waals surface area contributed by atoms with E-state index in [1.165, 1.54) is 0 Å². The Balaban J connectivity index is 1.000. The summed E-state index contributed by atoms with van der Waals surface area (Å²) in [6, 6.07) is 64.6. The normalized spacial score (nSPS) is 11.6. The summed E-state index contributed by atoms with van der Waals surface area (Å²) in [5, 5.41) is 4.39. The summed E-state index contributed by atoms with van der Waals surface area (Å²) in [6.45, 7) is 0. The van der Waals surface area contributed by atoms with E-state index in [0.717, 1.165) is 93.9 Å². The molecule has 0 unspecified atom stereocenters. The van der Waals surface area contributed by atoms with Crippen LogP contribution in [0, 0.1) is 0 Å². The highest BCUT2D eigenvalue weighted by Crippen LogP contribution is 2.43. The highest BCUT2D eigenvalue weighted by Gasteiger charge is 2.18. The van der Waals surface area contributed by atoms with Gasteiger partial charge >= 0.3 is 0 Å². The Morgan fingerprint density at radius 3 is 1.59 bits per heavy atom. The largest absolute Gasteiger partial charge is 0.456 e. The zero-order chi connectivity index (χ0) is 37.0. The molecular weight excluding hydrogens is 687 g/mol. The molecule has 0 spiro atoms. The van der Waals surface area contributed by atoms with Crippen molar-refractivity contribution >= 4 is 43.9 Å². The number of furan rings is 2. The smallest absolute Gasteiger partial charge is 0.164 e. The third-order valence-electron chi connectivity index (χ3n) is 10.6. The molecule has 0 saturated carbocycles. The lowest BCUT2D eigenvalue weighted by Crippen LogP contribution is -2.00. The first-order chi connectivity index (χ1) is 27.7. The van der Waals surface area contributed by atoms with Crippen LogP contribution in [0.2, 0.25) is 0 Å². The fourth-order valence-electron chi connectivity index (χ4n) is 7.87. The van der Waals surface area contributed by atoms with Gasteiger partial charge in [-0.2, -0.15) is 0 Å². The molecule has 11 rings (SSSR count). The van der Waals surface area contributed by atoms with E-state index in [2.05, 4.69) is 115 Å². The number of nitrogens with zero attached hydrogens (tertiary/aromatic N) is 3. The molecule has 262 valence electrons. The Morgan fingerprint density at radius 1 is 0.268 bits per heavy atom. The molecule has 0 aliphatic carbocycles. The monoisotopic (exact) mass is 717 g/mol. The van der Waals surface area contributed by atoms with Crippen LogP contribution in [0.3, 0.4) is 0 Å². The summed E-state index contributed by atoms with van der Waals surface area (Å²) in [7, 11) is 0. The maximum Gasteiger partial charge on any atom is 0.164 e. The molecule has 8 aromatic carbocycles. The van der Waals surface area contributed by atoms with Gasteiger partial charge in [0.1, 0.15) is 22.3 Å². The van der Waals surface area contributed by atoms with E-state index in [-0.39, 0.29) is 0 Å². The molecule has 0 aliphatic heterocycles. The molecule has 11 aromatic rings. The Labute approximate surface area is 322 Å². The van der Waals surface area contributed by atoms with Crippen molar-refractivity contribution < 1.29 is 8.83 Å². The van der Waals surface area contributed by atoms with Crippen LogP contribution in [0.15, 0.2) is 197 Å². The van der Waals surface area contributed by atoms with Gasteiger partial charge < -0.3 is 8.83 Å². The highest BCUT2D eigenvalue weighted by molar-refractivity contribution is 6.14. The lowest BCUT2D eigenvalue weighted by atomic mass is 9.91. The first-order valence-corrected chi connectivity index (χ1v) is 18.7. The second-order valence-electron chi connectivity index (χ2n) is 14.0. The third kappa shape index (κ3) is 5.45. The van der Waals surface area contributed by atoms with Crippen molar-refractivity contribution in [3.8, 4) is 67.5 Å². The summed E-state index contributed by atoms with van der Waals surface area (Å²) in [6.07, 6.45) is 0. The minimum Gasteiger partial charge on any atom is -0.456 e. The van der Waals surface area contributed by atoms with E-state index in [1.54, 1.807) is 0 Å². The molecule has 5 nitrogen and oxygen atoms in total. The highest BCUT2D eigenvalue weighted by atomic mass is 16.3. The van der Waals surface area contributed by atoms with Gasteiger partial charge in [-0.1, -0.05) is 146 Å². The van der Waals surface area contributed by atoms with E-state index >= 15 is 0 Å². The van der Waals surface area contributed by atoms with Crippen LogP contribution < -0.4 is 0 Å². The van der Waals surface area contributed by atoms with Crippen molar-refractivity contribution in [2.45, 2.75) is 0 Å². The number of aromatic nitrogens is 3. The minimum atomic E-state index is 0.618. The van der Waals surface area contributed by atoms with Crippen LogP contribution >= 0.6 is 0 Å². The summed E-state index contributed by atoms with van der Waals surface area (Å²) in [4.78, 5) is 14.8. The minimum absolute atomic E-state index is 0.618. The maximum absolute atomic E-state index is 6.62. The second-order valence-corrected chi connectivity index (χ2v) is 14.0. The molecular formula is C51H31N3O2. The predicted octanol–water partition coefficient (Wildman–Crippen LogP) is 13.7. The van der Waals surface area contributed by atoms with Gasteiger partial charge in [-0.25, -0.2) is 15.0 Å². The second kappa shape index (κ2) is 13.0. The van der Waals surface area contributed by atoms with Gasteiger partial charge in [0.25, 0.3) is 0 Å². The van der Waals surface area contributed by atoms with Crippen molar-refractivity contribution in [2.24, 2.45) is 0 Å². The average Bonchev–Trinajstić information content (AvgIpc) is 3.85. The van der Waals surface area contributed by atoms with Crippen molar-refractivity contribution in [3.05, 3.63) is 188 Å². The molecule has 0 N–H and O–H groups in total. The summed E-state index contributed by atoms with van der Waals surface area (Å²) >= 11 is 0. The average molecular weight is 718 g/mol. The number of hydrogen-bond acceptors (Lipinski definition) is 5. The molecule has 5 heteroatoms. The van der Waals surface area contributed by atoms with Gasteiger partial charge in [-0.15, -0.1) is 0 Å². The van der Waals surface area contributed by atoms with E-state index in [9.17, 15) is 0 Å². The summed E-state index contributed by atoms with van der Waals surface area (Å²) in [5.41, 5.74) is 12.9. The lowest BCUT2D eigenvalue weighted by Gasteiger charge is -2.12. The quantitative estimate of drug-likeness (QED) is 0.171. The van der Waals surface area contributed by atoms with Crippen molar-refractivity contribution in [2.75, 3.05) is 0 Å². The first-order valence-electron chi connectivity index (χ1n) is 18.7. The number of rotatable bonds is 6. The number of benzene rings is 8. The molecule has 0 amide bonds. The van der Waals surface area contributed by atoms with E-state index in [1.807, 2.05) is 72.8 Å². The van der Waals surface area contributed by atoms with Gasteiger partial charge in [0.05, 0.1) is 0 Å². The van der Waals surface area contributed by atoms with Crippen molar-refractivity contribution in [3.63, 3.8) is 0 Å². The summed E-state index contributed by atoms with van der Waals surface area (Å²) < 4.78 is 12.8. The Bertz CT molecular complexity index is 3200. The molecule has 0 bridgehead atoms. The molecule has 0 saturated heterocycles. The van der Waals surface area contributed by atoms with Crippen molar-refractivity contribution in [1.82, 2.24) is 15.0 Å². The SMILES string of the molecule is c1ccc(-c2nc(-c3ccccc3)nc(-c3cccc(-c4ccc5c(c4)oc4cccc(-c6ccccc6-c6ccc7oc8ccccc8c7c6)c45)c3)n2)cc1. The summed E-state index contributed by atoms with van der Waals surface area (Å²) in [5.74, 6) is 1.89. The molecule has 3 aromatic heterocycles. The predicted molar refractivity (Wildman–Crippen MR) is 227 cm³/mol. The molecule has 0 atom stereocenters. The van der Waals surface area contributed by atoms with Gasteiger partial charge in [0, 0.05) is 38.2 Å². The molecule has 56 heavy (non-hydrogen) atoms. The molecule has 3 heterocycles. The number of hydrogen-bond donors (Lipinski definition) is 0. The van der Waals surface area contributed by atoms with E-state index in [4.69, 9.17) is 23.8 Å². The van der Waals surface area contributed by atoms with Gasteiger partial charge in [0.2, 0.25) is 0 Å². The Kier molecular flexibility index (Phi) is 7.42. The van der Waals surface area contributed by atoms with Crippen LogP contribution in [0.25, 0.3) is 111 Å². The van der Waals surface area contributed by atoms with E-state index < -0.39 is 0 Å². The number of para-hydroxylation sites is 1. The zero-order valence-corrected chi connectivity index (χ0v) is 30.1. The van der Waals surface area contributed by atoms with Crippen molar-refractivity contribution in [1.29, 1.82) is 0 Å². The van der Waals surface area contributed by atoms with Crippen LogP contribution in [0.5, 0.6) is 0 Å². The van der Waals surface area contributed by atoms with Gasteiger partial charge in [-0.3, -0.25) is 0 Å². The van der Waals surface area contributed by atoms with Crippen LogP contribution in [0.4, 0.5) is 0 Å². The zero-order valence-electron chi connectivity index (χ0n) is 30.1. The lowest BCUT2D eigenvalue weighted by molar-refractivity contribution is 0.668. The van der Waals surface area contributed by atoms with Crippen LogP contribution in [-0.4, -0.2) is 15.0 Å². The fourth-order valence-corrected chi connectivity index (χ4v) is 7.87.